The molecule has 3 atom stereocenters. The van der Waals surface area contributed by atoms with Crippen LogP contribution in [0, 0.1) is 17.3 Å². The maximum atomic E-state index is 12.6. The molecule has 0 aromatic carbocycles. The molecule has 1 spiro atoms. The van der Waals surface area contributed by atoms with Crippen LogP contribution in [-0.4, -0.2) is 5.78 Å². The summed E-state index contributed by atoms with van der Waals surface area (Å²) in [6, 6.07) is 0. The first-order valence-electron chi connectivity index (χ1n) is 6.54. The van der Waals surface area contributed by atoms with Gasteiger partial charge in [-0.2, -0.15) is 0 Å². The van der Waals surface area contributed by atoms with E-state index in [4.69, 9.17) is 0 Å². The fourth-order valence-electron chi connectivity index (χ4n) is 4.12. The van der Waals surface area contributed by atoms with Crippen LogP contribution in [-0.2, 0) is 4.79 Å². The normalized spacial score (nSPS) is 44.7. The van der Waals surface area contributed by atoms with Crippen molar-refractivity contribution < 1.29 is 4.79 Å². The lowest BCUT2D eigenvalue weighted by Crippen LogP contribution is -2.36. The Morgan fingerprint density at radius 1 is 1.13 bits per heavy atom. The van der Waals surface area contributed by atoms with Gasteiger partial charge in [-0.05, 0) is 38.0 Å². The topological polar surface area (TPSA) is 17.1 Å². The molecule has 0 aromatic rings. The van der Waals surface area contributed by atoms with Gasteiger partial charge in [-0.15, -0.1) is 0 Å². The fraction of sp³-hybridized carbons (Fsp3) is 0.786. The Balaban J connectivity index is 2.04. The summed E-state index contributed by atoms with van der Waals surface area (Å²) in [6.07, 6.45) is 14.3. The summed E-state index contributed by atoms with van der Waals surface area (Å²) < 4.78 is 0. The molecule has 0 unspecified atom stereocenters. The summed E-state index contributed by atoms with van der Waals surface area (Å²) in [5, 5.41) is 0. The van der Waals surface area contributed by atoms with Crippen molar-refractivity contribution in [2.24, 2.45) is 17.3 Å². The van der Waals surface area contributed by atoms with Crippen molar-refractivity contribution in [1.82, 2.24) is 0 Å². The highest BCUT2D eigenvalue weighted by Gasteiger charge is 2.50. The van der Waals surface area contributed by atoms with E-state index in [1.54, 1.807) is 0 Å². The van der Waals surface area contributed by atoms with Gasteiger partial charge in [0.25, 0.3) is 0 Å². The van der Waals surface area contributed by atoms with Gasteiger partial charge in [-0.1, -0.05) is 31.4 Å². The molecule has 0 amide bonds. The Bertz CT molecular complexity index is 304. The smallest absolute Gasteiger partial charge is 0.142 e. The zero-order valence-corrected chi connectivity index (χ0v) is 9.37. The van der Waals surface area contributed by atoms with Crippen LogP contribution in [0.4, 0.5) is 0 Å². The van der Waals surface area contributed by atoms with Gasteiger partial charge in [-0.3, -0.25) is 4.79 Å². The number of carbonyl (C=O) groups excluding carboxylic acids is 1. The van der Waals surface area contributed by atoms with E-state index in [2.05, 4.69) is 12.2 Å². The summed E-state index contributed by atoms with van der Waals surface area (Å²) >= 11 is 0. The first kappa shape index (κ1) is 9.62. The molecule has 0 N–H and O–H groups in total. The summed E-state index contributed by atoms with van der Waals surface area (Å²) in [4.78, 5) is 12.6. The lowest BCUT2D eigenvalue weighted by molar-refractivity contribution is -0.133. The second-order valence-electron chi connectivity index (χ2n) is 5.63. The molecule has 15 heavy (non-hydrogen) atoms. The quantitative estimate of drug-likeness (QED) is 0.552. The maximum Gasteiger partial charge on any atom is 0.142 e. The van der Waals surface area contributed by atoms with Crippen LogP contribution in [0.25, 0.3) is 0 Å². The monoisotopic (exact) mass is 204 g/mol. The van der Waals surface area contributed by atoms with E-state index in [0.29, 0.717) is 17.6 Å². The number of hydrogen-bond donors (Lipinski definition) is 0. The predicted octanol–water partition coefficient (Wildman–Crippen LogP) is 3.49. The fourth-order valence-corrected chi connectivity index (χ4v) is 4.12. The van der Waals surface area contributed by atoms with Gasteiger partial charge in [0, 0.05) is 11.3 Å². The molecule has 3 aliphatic carbocycles. The minimum absolute atomic E-state index is 0.0914. The van der Waals surface area contributed by atoms with Gasteiger partial charge in [0.15, 0.2) is 0 Å². The summed E-state index contributed by atoms with van der Waals surface area (Å²) in [5.74, 6) is 1.59. The first-order chi connectivity index (χ1) is 7.33. The molecular formula is C14H20O. The van der Waals surface area contributed by atoms with Crippen LogP contribution >= 0.6 is 0 Å². The SMILES string of the molecule is O=C1[C@H]2CC=C[C@@H]3CCC[C@@]13CCCC2. The Hall–Kier alpha value is -0.590. The van der Waals surface area contributed by atoms with E-state index >= 15 is 0 Å². The molecule has 2 fully saturated rings. The van der Waals surface area contributed by atoms with Crippen molar-refractivity contribution in [2.45, 2.75) is 51.4 Å². The molecular weight excluding hydrogens is 184 g/mol. The second-order valence-corrected chi connectivity index (χ2v) is 5.63. The molecule has 0 radical (unpaired) electrons. The van der Waals surface area contributed by atoms with Crippen LogP contribution in [0.15, 0.2) is 12.2 Å². The Morgan fingerprint density at radius 3 is 2.93 bits per heavy atom. The molecule has 2 saturated carbocycles. The van der Waals surface area contributed by atoms with Crippen LogP contribution in [0.2, 0.25) is 0 Å². The highest BCUT2D eigenvalue weighted by Crippen LogP contribution is 2.53. The summed E-state index contributed by atoms with van der Waals surface area (Å²) in [5.41, 5.74) is 0.0914. The summed E-state index contributed by atoms with van der Waals surface area (Å²) in [6.45, 7) is 0. The average molecular weight is 204 g/mol. The lowest BCUT2D eigenvalue weighted by Gasteiger charge is -2.32. The number of allylic oxidation sites excluding steroid dienone is 2. The van der Waals surface area contributed by atoms with Crippen molar-refractivity contribution in [3.63, 3.8) is 0 Å². The molecule has 0 aliphatic heterocycles. The van der Waals surface area contributed by atoms with Gasteiger partial charge in [-0.25, -0.2) is 0 Å². The zero-order chi connectivity index (χ0) is 10.3. The number of ketones is 1. The average Bonchev–Trinajstić information content (AvgIpc) is 2.54. The molecule has 1 nitrogen and oxygen atoms in total. The number of fused-ring (bicyclic) bond motifs is 1. The van der Waals surface area contributed by atoms with E-state index < -0.39 is 0 Å². The first-order valence-corrected chi connectivity index (χ1v) is 6.54. The van der Waals surface area contributed by atoms with Crippen LogP contribution < -0.4 is 0 Å². The van der Waals surface area contributed by atoms with Crippen LogP contribution in [0.5, 0.6) is 0 Å². The lowest BCUT2D eigenvalue weighted by atomic mass is 9.70. The van der Waals surface area contributed by atoms with Crippen molar-refractivity contribution in [2.75, 3.05) is 0 Å². The van der Waals surface area contributed by atoms with Gasteiger partial charge >= 0.3 is 0 Å². The third-order valence-corrected chi connectivity index (χ3v) is 4.92. The molecule has 0 aromatic heterocycles. The van der Waals surface area contributed by atoms with E-state index in [9.17, 15) is 4.79 Å². The van der Waals surface area contributed by atoms with Crippen molar-refractivity contribution in [3.05, 3.63) is 12.2 Å². The van der Waals surface area contributed by atoms with E-state index in [1.807, 2.05) is 0 Å². The zero-order valence-electron chi connectivity index (χ0n) is 9.37. The number of Topliss-reactive ketones (excluding diaryl/α,β-unsaturated/α-hetero) is 1. The molecule has 1 heteroatoms. The van der Waals surface area contributed by atoms with Gasteiger partial charge in [0.2, 0.25) is 0 Å². The Kier molecular flexibility index (Phi) is 2.22. The van der Waals surface area contributed by atoms with Crippen LogP contribution in [0.1, 0.15) is 51.4 Å². The second kappa shape index (κ2) is 3.47. The standard InChI is InChI=1S/C14H20O/c15-13-11-5-1-2-9-14(13)10-4-8-12(14)7-3-6-11/h3,7,11-12H,1-2,4-6,8-10H2/t11-,12-,14-/m1/s1. The maximum absolute atomic E-state index is 12.6. The number of hydrogen-bond acceptors (Lipinski definition) is 1. The summed E-state index contributed by atoms with van der Waals surface area (Å²) in [7, 11) is 0. The minimum Gasteiger partial charge on any atom is -0.299 e. The minimum atomic E-state index is 0.0914. The highest BCUT2D eigenvalue weighted by molar-refractivity contribution is 5.88. The van der Waals surface area contributed by atoms with Gasteiger partial charge in [0.1, 0.15) is 5.78 Å². The molecule has 3 rings (SSSR count). The third kappa shape index (κ3) is 1.32. The van der Waals surface area contributed by atoms with Crippen molar-refractivity contribution in [1.29, 1.82) is 0 Å². The molecule has 3 aliphatic rings. The Morgan fingerprint density at radius 2 is 2.00 bits per heavy atom. The third-order valence-electron chi connectivity index (χ3n) is 4.92. The predicted molar refractivity (Wildman–Crippen MR) is 60.5 cm³/mol. The Labute approximate surface area is 91.9 Å². The largest absolute Gasteiger partial charge is 0.299 e. The number of carbonyl (C=O) groups is 1. The molecule has 82 valence electrons. The number of rotatable bonds is 0. The van der Waals surface area contributed by atoms with Gasteiger partial charge < -0.3 is 0 Å². The molecule has 2 bridgehead atoms. The van der Waals surface area contributed by atoms with E-state index in [0.717, 1.165) is 12.8 Å². The van der Waals surface area contributed by atoms with Crippen molar-refractivity contribution in [3.8, 4) is 0 Å². The van der Waals surface area contributed by atoms with E-state index in [-0.39, 0.29) is 5.41 Å². The highest BCUT2D eigenvalue weighted by atomic mass is 16.1. The van der Waals surface area contributed by atoms with Gasteiger partial charge in [0.05, 0.1) is 0 Å². The van der Waals surface area contributed by atoms with E-state index in [1.165, 1.54) is 38.5 Å². The molecule has 0 saturated heterocycles. The van der Waals surface area contributed by atoms with Crippen LogP contribution in [0.3, 0.4) is 0 Å². The molecule has 0 heterocycles. The van der Waals surface area contributed by atoms with Crippen molar-refractivity contribution >= 4 is 5.78 Å².